The lowest BCUT2D eigenvalue weighted by Crippen LogP contribution is -2.33. The van der Waals surface area contributed by atoms with Crippen LogP contribution >= 0.6 is 0 Å². The van der Waals surface area contributed by atoms with Crippen molar-refractivity contribution in [2.75, 3.05) is 5.32 Å². The van der Waals surface area contributed by atoms with E-state index in [9.17, 15) is 14.7 Å². The van der Waals surface area contributed by atoms with Crippen LogP contribution in [-0.2, 0) is 0 Å². The van der Waals surface area contributed by atoms with Crippen molar-refractivity contribution in [1.29, 1.82) is 0 Å². The minimum atomic E-state index is -0.275. The highest BCUT2D eigenvalue weighted by Gasteiger charge is 2.30. The molecule has 0 saturated heterocycles. The van der Waals surface area contributed by atoms with E-state index in [0.717, 1.165) is 37.8 Å². The molecule has 158 valence electrons. The largest absolute Gasteiger partial charge is 0.507 e. The zero-order valence-corrected chi connectivity index (χ0v) is 16.9. The predicted octanol–water partition coefficient (Wildman–Crippen LogP) is 3.89. The van der Waals surface area contributed by atoms with Gasteiger partial charge in [0.25, 0.3) is 5.91 Å². The number of carbonyl (C=O) groups excluding carboxylic acids is 2. The van der Waals surface area contributed by atoms with Crippen molar-refractivity contribution in [3.8, 4) is 17.0 Å². The Balaban J connectivity index is 1.45. The van der Waals surface area contributed by atoms with Crippen molar-refractivity contribution < 1.29 is 14.7 Å². The van der Waals surface area contributed by atoms with E-state index in [2.05, 4.69) is 20.7 Å². The van der Waals surface area contributed by atoms with Gasteiger partial charge in [0.1, 0.15) is 5.75 Å². The van der Waals surface area contributed by atoms with E-state index in [4.69, 9.17) is 0 Å². The normalized spacial score (nSPS) is 15.9. The third-order valence-electron chi connectivity index (χ3n) is 5.83. The molecule has 3 aromatic rings. The Labute approximate surface area is 179 Å². The number of benzene rings is 1. The van der Waals surface area contributed by atoms with Gasteiger partial charge in [0.05, 0.1) is 11.4 Å². The molecule has 8 nitrogen and oxygen atoms in total. The van der Waals surface area contributed by atoms with Crippen molar-refractivity contribution in [2.24, 2.45) is 0 Å². The van der Waals surface area contributed by atoms with Crippen LogP contribution < -0.4 is 10.6 Å². The van der Waals surface area contributed by atoms with E-state index in [1.807, 2.05) is 6.07 Å². The number of hydrogen-bond donors (Lipinski definition) is 3. The number of aromatic nitrogens is 3. The minimum absolute atomic E-state index is 0.0364. The molecule has 2 amide bonds. The highest BCUT2D eigenvalue weighted by atomic mass is 16.3. The van der Waals surface area contributed by atoms with Crippen LogP contribution in [0.2, 0.25) is 0 Å². The molecule has 1 aromatic carbocycles. The molecular formula is C23H23N5O3. The van der Waals surface area contributed by atoms with Crippen LogP contribution in [0.4, 0.5) is 10.5 Å². The molecule has 3 N–H and O–H groups in total. The topological polar surface area (TPSA) is 109 Å². The summed E-state index contributed by atoms with van der Waals surface area (Å²) in [5.41, 5.74) is 2.84. The molecule has 2 aliphatic carbocycles. The Kier molecular flexibility index (Phi) is 4.89. The molecule has 8 heteroatoms. The van der Waals surface area contributed by atoms with Gasteiger partial charge in [0.15, 0.2) is 0 Å². The summed E-state index contributed by atoms with van der Waals surface area (Å²) in [6, 6.07) is 9.95. The van der Waals surface area contributed by atoms with Crippen molar-refractivity contribution in [1.82, 2.24) is 20.1 Å². The predicted molar refractivity (Wildman–Crippen MR) is 115 cm³/mol. The second-order valence-electron chi connectivity index (χ2n) is 8.14. The van der Waals surface area contributed by atoms with E-state index >= 15 is 0 Å². The van der Waals surface area contributed by atoms with Gasteiger partial charge in [0, 0.05) is 41.2 Å². The molecule has 0 radical (unpaired) electrons. The summed E-state index contributed by atoms with van der Waals surface area (Å²) < 4.78 is 1.44. The van der Waals surface area contributed by atoms with Gasteiger partial charge in [-0.15, -0.1) is 0 Å². The highest BCUT2D eigenvalue weighted by molar-refractivity contribution is 6.04. The molecular weight excluding hydrogens is 394 g/mol. The average molecular weight is 417 g/mol. The van der Waals surface area contributed by atoms with E-state index in [-0.39, 0.29) is 23.7 Å². The van der Waals surface area contributed by atoms with Crippen LogP contribution in [0.5, 0.6) is 5.75 Å². The van der Waals surface area contributed by atoms with Crippen LogP contribution in [0.1, 0.15) is 54.1 Å². The number of phenols is 1. The Hall–Kier alpha value is -3.68. The third kappa shape index (κ3) is 4.01. The summed E-state index contributed by atoms with van der Waals surface area (Å²) in [6.07, 6.45) is 8.29. The standard InChI is InChI=1S/C23H23N5O3/c29-21-7-6-17(25-22(30)15-8-10-24-11-9-15)12-18(21)19-13-20(14-2-1-3-14)28(27-19)23(31)26-16-4-5-16/h6-14,16,29H,1-5H2,(H,25,30)(H,26,31). The summed E-state index contributed by atoms with van der Waals surface area (Å²) >= 11 is 0. The fourth-order valence-corrected chi connectivity index (χ4v) is 3.67. The molecule has 0 atom stereocenters. The average Bonchev–Trinajstić information content (AvgIpc) is 3.45. The van der Waals surface area contributed by atoms with Crippen LogP contribution in [0.3, 0.4) is 0 Å². The Morgan fingerprint density at radius 3 is 2.48 bits per heavy atom. The molecule has 0 aliphatic heterocycles. The maximum absolute atomic E-state index is 12.7. The summed E-state index contributed by atoms with van der Waals surface area (Å²) in [5, 5.41) is 20.8. The fraction of sp³-hybridized carbons (Fsp3) is 0.304. The first-order valence-corrected chi connectivity index (χ1v) is 10.5. The minimum Gasteiger partial charge on any atom is -0.507 e. The molecule has 31 heavy (non-hydrogen) atoms. The number of anilines is 1. The van der Waals surface area contributed by atoms with Gasteiger partial charge in [-0.2, -0.15) is 9.78 Å². The first-order chi connectivity index (χ1) is 15.1. The first kappa shape index (κ1) is 19.3. The van der Waals surface area contributed by atoms with Crippen LogP contribution in [0.15, 0.2) is 48.8 Å². The second-order valence-corrected chi connectivity index (χ2v) is 8.14. The number of phenolic OH excluding ortho intramolecular Hbond substituents is 1. The number of rotatable bonds is 5. The van der Waals surface area contributed by atoms with E-state index in [1.165, 1.54) is 10.7 Å². The summed E-state index contributed by atoms with van der Waals surface area (Å²) in [5.74, 6) is 0.0563. The van der Waals surface area contributed by atoms with Crippen LogP contribution in [0.25, 0.3) is 11.3 Å². The highest BCUT2D eigenvalue weighted by Crippen LogP contribution is 2.39. The Bertz CT molecular complexity index is 1130. The second kappa shape index (κ2) is 7.86. The van der Waals surface area contributed by atoms with Gasteiger partial charge in [-0.1, -0.05) is 6.42 Å². The van der Waals surface area contributed by atoms with Crippen molar-refractivity contribution in [3.63, 3.8) is 0 Å². The van der Waals surface area contributed by atoms with Gasteiger partial charge in [-0.05, 0) is 62.1 Å². The molecule has 2 heterocycles. The summed E-state index contributed by atoms with van der Waals surface area (Å²) in [4.78, 5) is 29.1. The van der Waals surface area contributed by atoms with Gasteiger partial charge < -0.3 is 15.7 Å². The molecule has 2 fully saturated rings. The van der Waals surface area contributed by atoms with Gasteiger partial charge in [-0.3, -0.25) is 9.78 Å². The molecule has 0 bridgehead atoms. The van der Waals surface area contributed by atoms with Gasteiger partial charge in [-0.25, -0.2) is 4.79 Å². The molecule has 0 spiro atoms. The Morgan fingerprint density at radius 2 is 1.81 bits per heavy atom. The smallest absolute Gasteiger partial charge is 0.342 e. The molecule has 5 rings (SSSR count). The molecule has 0 unspecified atom stereocenters. The molecule has 2 aliphatic rings. The number of aromatic hydroxyl groups is 1. The number of amides is 2. The zero-order chi connectivity index (χ0) is 21.4. The van der Waals surface area contributed by atoms with Crippen molar-refractivity contribution in [3.05, 3.63) is 60.0 Å². The van der Waals surface area contributed by atoms with E-state index < -0.39 is 0 Å². The lowest BCUT2D eigenvalue weighted by Gasteiger charge is -2.25. The third-order valence-corrected chi connectivity index (χ3v) is 5.83. The van der Waals surface area contributed by atoms with Crippen LogP contribution in [0, 0.1) is 0 Å². The maximum atomic E-state index is 12.7. The van der Waals surface area contributed by atoms with Crippen molar-refractivity contribution >= 4 is 17.6 Å². The fourth-order valence-electron chi connectivity index (χ4n) is 3.67. The lowest BCUT2D eigenvalue weighted by molar-refractivity contribution is 0.102. The Morgan fingerprint density at radius 1 is 1.03 bits per heavy atom. The summed E-state index contributed by atoms with van der Waals surface area (Å²) in [6.45, 7) is 0. The zero-order valence-electron chi connectivity index (χ0n) is 16.9. The maximum Gasteiger partial charge on any atom is 0.342 e. The van der Waals surface area contributed by atoms with E-state index in [1.54, 1.807) is 36.7 Å². The SMILES string of the molecule is O=C(Nc1ccc(O)c(-c2cc(C3CCC3)n(C(=O)NC3CC3)n2)c1)c1ccncc1. The quantitative estimate of drug-likeness (QED) is 0.546. The van der Waals surface area contributed by atoms with Gasteiger partial charge in [0.2, 0.25) is 0 Å². The van der Waals surface area contributed by atoms with Crippen LogP contribution in [-0.4, -0.2) is 37.9 Å². The first-order valence-electron chi connectivity index (χ1n) is 10.5. The number of pyridine rings is 1. The van der Waals surface area contributed by atoms with E-state index in [0.29, 0.717) is 28.4 Å². The lowest BCUT2D eigenvalue weighted by atomic mass is 9.82. The van der Waals surface area contributed by atoms with Crippen molar-refractivity contribution in [2.45, 2.75) is 44.1 Å². The summed E-state index contributed by atoms with van der Waals surface area (Å²) in [7, 11) is 0. The molecule has 2 saturated carbocycles. The number of carbonyl (C=O) groups is 2. The molecule has 2 aromatic heterocycles. The van der Waals surface area contributed by atoms with Gasteiger partial charge >= 0.3 is 6.03 Å². The monoisotopic (exact) mass is 417 g/mol. The number of hydrogen-bond acceptors (Lipinski definition) is 5. The number of nitrogens with one attached hydrogen (secondary N) is 2. The number of nitrogens with zero attached hydrogens (tertiary/aromatic N) is 3.